The van der Waals surface area contributed by atoms with Crippen molar-refractivity contribution in [2.45, 2.75) is 52.1 Å². The fraction of sp³-hybridized carbons (Fsp3) is 0.382. The Balaban J connectivity index is 1.48. The molecule has 5 rings (SSSR count). The number of nitrogens with one attached hydrogen (secondary N) is 1. The van der Waals surface area contributed by atoms with Crippen LogP contribution >= 0.6 is 0 Å². The average Bonchev–Trinajstić information content (AvgIpc) is 3.33. The molecule has 1 heterocycles. The number of alkyl halides is 1. The highest BCUT2D eigenvalue weighted by Gasteiger charge is 2.24. The number of Topliss-reactive ketones (excluding diaryl/α,β-unsaturated/α-hetero) is 1. The summed E-state index contributed by atoms with van der Waals surface area (Å²) in [6.07, 6.45) is 4.21. The molecule has 1 fully saturated rings. The summed E-state index contributed by atoms with van der Waals surface area (Å²) in [5, 5.41) is 3.23. The van der Waals surface area contributed by atoms with Gasteiger partial charge in [0, 0.05) is 29.8 Å². The Morgan fingerprint density at radius 1 is 1.02 bits per heavy atom. The SMILES string of the molecule is CC(=O)CNc1ccc(C2=C(c3ccc(OC4CCN(CCCF)C4)cc3)c3ccc(OF)cc3CCC2)cc1C. The van der Waals surface area contributed by atoms with Gasteiger partial charge in [-0.15, -0.1) is 0 Å². The van der Waals surface area contributed by atoms with Crippen molar-refractivity contribution in [3.8, 4) is 11.5 Å². The zero-order chi connectivity index (χ0) is 28.8. The van der Waals surface area contributed by atoms with E-state index in [4.69, 9.17) is 4.74 Å². The molecule has 1 N–H and O–H groups in total. The maximum atomic E-state index is 13.1. The van der Waals surface area contributed by atoms with E-state index < -0.39 is 0 Å². The first-order chi connectivity index (χ1) is 19.9. The van der Waals surface area contributed by atoms with E-state index in [1.807, 2.05) is 24.3 Å². The van der Waals surface area contributed by atoms with Gasteiger partial charge in [-0.2, -0.15) is 0 Å². The van der Waals surface area contributed by atoms with E-state index >= 15 is 0 Å². The first kappa shape index (κ1) is 28.8. The van der Waals surface area contributed by atoms with Gasteiger partial charge < -0.3 is 10.1 Å². The summed E-state index contributed by atoms with van der Waals surface area (Å²) in [5.41, 5.74) is 8.69. The standard InChI is InChI=1S/C34H38F2N2O3/c1-23-19-27(9-14-33(23)37-21-24(2)39)31-6-3-5-26-20-29(41-36)12-13-32(26)34(31)25-7-10-28(11-8-25)40-30-15-18-38(22-30)17-4-16-35/h7-14,19-20,30,37H,3-6,15-18,21-22H2,1-2H3. The van der Waals surface area contributed by atoms with Gasteiger partial charge in [-0.3, -0.25) is 19.0 Å². The van der Waals surface area contributed by atoms with Crippen LogP contribution in [-0.4, -0.2) is 49.6 Å². The largest absolute Gasteiger partial charge is 0.489 e. The lowest BCUT2D eigenvalue weighted by atomic mass is 9.87. The zero-order valence-corrected chi connectivity index (χ0v) is 23.8. The molecule has 2 aliphatic rings. The van der Waals surface area contributed by atoms with Crippen LogP contribution in [0.15, 0.2) is 60.7 Å². The molecule has 41 heavy (non-hydrogen) atoms. The number of carbonyl (C=O) groups is 1. The van der Waals surface area contributed by atoms with Gasteiger partial charge >= 0.3 is 0 Å². The first-order valence-corrected chi connectivity index (χ1v) is 14.5. The van der Waals surface area contributed by atoms with E-state index in [0.29, 0.717) is 13.0 Å². The van der Waals surface area contributed by atoms with Gasteiger partial charge in [-0.1, -0.05) is 24.3 Å². The number of aryl methyl sites for hydroxylation is 2. The number of allylic oxidation sites excluding steroid dienone is 1. The number of halogens is 2. The lowest BCUT2D eigenvalue weighted by molar-refractivity contribution is -0.115. The summed E-state index contributed by atoms with van der Waals surface area (Å²) in [7, 11) is 0. The fourth-order valence-electron chi connectivity index (χ4n) is 5.97. The number of nitrogens with zero attached hydrogens (tertiary/aromatic N) is 1. The van der Waals surface area contributed by atoms with Gasteiger partial charge in [0.1, 0.15) is 17.6 Å². The molecule has 7 heteroatoms. The van der Waals surface area contributed by atoms with Crippen LogP contribution in [-0.2, 0) is 11.2 Å². The number of rotatable bonds is 11. The van der Waals surface area contributed by atoms with Crippen molar-refractivity contribution in [1.82, 2.24) is 4.90 Å². The van der Waals surface area contributed by atoms with Crippen molar-refractivity contribution in [3.63, 3.8) is 0 Å². The highest BCUT2D eigenvalue weighted by atomic mass is 19.3. The van der Waals surface area contributed by atoms with E-state index in [9.17, 15) is 13.7 Å². The predicted octanol–water partition coefficient (Wildman–Crippen LogP) is 7.37. The number of fused-ring (bicyclic) bond motifs is 1. The molecule has 0 amide bonds. The number of benzene rings is 3. The normalized spacial score (nSPS) is 17.2. The second-order valence-electron chi connectivity index (χ2n) is 11.1. The van der Waals surface area contributed by atoms with Crippen molar-refractivity contribution in [2.24, 2.45) is 0 Å². The number of hydrogen-bond acceptors (Lipinski definition) is 5. The van der Waals surface area contributed by atoms with E-state index in [0.717, 1.165) is 90.1 Å². The molecule has 1 aliphatic carbocycles. The van der Waals surface area contributed by atoms with Crippen LogP contribution < -0.4 is 15.0 Å². The molecule has 1 unspecified atom stereocenters. The van der Waals surface area contributed by atoms with Crippen molar-refractivity contribution < 1.29 is 23.4 Å². The minimum absolute atomic E-state index is 0.0879. The third-order valence-corrected chi connectivity index (χ3v) is 8.00. The lowest BCUT2D eigenvalue weighted by Gasteiger charge is -2.19. The minimum atomic E-state index is -0.285. The van der Waals surface area contributed by atoms with Gasteiger partial charge in [0.2, 0.25) is 0 Å². The van der Waals surface area contributed by atoms with E-state index in [1.165, 1.54) is 5.57 Å². The average molecular weight is 561 g/mol. The van der Waals surface area contributed by atoms with Crippen LogP contribution in [0.1, 0.15) is 60.4 Å². The number of hydrogen-bond donors (Lipinski definition) is 1. The van der Waals surface area contributed by atoms with E-state index in [2.05, 4.69) is 46.3 Å². The Morgan fingerprint density at radius 2 is 1.80 bits per heavy atom. The molecule has 0 radical (unpaired) electrons. The number of carbonyl (C=O) groups excluding carboxylic acids is 1. The molecular formula is C34H38F2N2O3. The molecule has 3 aromatic rings. The van der Waals surface area contributed by atoms with Gasteiger partial charge in [0.05, 0.1) is 13.2 Å². The van der Waals surface area contributed by atoms with Crippen molar-refractivity contribution in [3.05, 3.63) is 88.5 Å². The van der Waals surface area contributed by atoms with Crippen LogP contribution in [0.25, 0.3) is 11.1 Å². The summed E-state index contributed by atoms with van der Waals surface area (Å²) in [6, 6.07) is 20.0. The van der Waals surface area contributed by atoms with Crippen LogP contribution in [0.2, 0.25) is 0 Å². The maximum absolute atomic E-state index is 13.1. The quantitative estimate of drug-likeness (QED) is 0.265. The molecular weight excluding hydrogens is 522 g/mol. The highest BCUT2D eigenvalue weighted by Crippen LogP contribution is 2.42. The molecule has 1 saturated heterocycles. The molecule has 0 saturated carbocycles. The number of likely N-dealkylation sites (tertiary alicyclic amines) is 1. The maximum Gasteiger partial charge on any atom is 0.172 e. The number of ketones is 1. The van der Waals surface area contributed by atoms with Crippen LogP contribution in [0.5, 0.6) is 11.5 Å². The summed E-state index contributed by atoms with van der Waals surface area (Å²) >= 11 is 0. The highest BCUT2D eigenvalue weighted by molar-refractivity contribution is 6.00. The van der Waals surface area contributed by atoms with Crippen LogP contribution in [0.4, 0.5) is 14.6 Å². The molecule has 1 aliphatic heterocycles. The molecule has 5 nitrogen and oxygen atoms in total. The van der Waals surface area contributed by atoms with Gasteiger partial charge in [-0.05, 0) is 121 Å². The number of ether oxygens (including phenoxy) is 1. The first-order valence-electron chi connectivity index (χ1n) is 14.5. The lowest BCUT2D eigenvalue weighted by Crippen LogP contribution is -2.26. The Morgan fingerprint density at radius 3 is 2.54 bits per heavy atom. The van der Waals surface area contributed by atoms with Crippen molar-refractivity contribution >= 4 is 22.6 Å². The smallest absolute Gasteiger partial charge is 0.172 e. The van der Waals surface area contributed by atoms with Crippen LogP contribution in [0, 0.1) is 6.92 Å². The summed E-state index contributed by atoms with van der Waals surface area (Å²) in [5.74, 6) is 1.12. The third-order valence-electron chi connectivity index (χ3n) is 8.00. The molecule has 0 aromatic heterocycles. The second-order valence-corrected chi connectivity index (χ2v) is 11.1. The van der Waals surface area contributed by atoms with Gasteiger partial charge in [0.15, 0.2) is 5.75 Å². The monoisotopic (exact) mass is 560 g/mol. The summed E-state index contributed by atoms with van der Waals surface area (Å²) < 4.78 is 31.9. The van der Waals surface area contributed by atoms with Gasteiger partial charge in [0.25, 0.3) is 0 Å². The Bertz CT molecular complexity index is 1400. The number of anilines is 1. The molecule has 3 aromatic carbocycles. The van der Waals surface area contributed by atoms with Crippen LogP contribution in [0.3, 0.4) is 0 Å². The zero-order valence-electron chi connectivity index (χ0n) is 23.8. The Kier molecular flexibility index (Phi) is 9.35. The molecule has 1 atom stereocenters. The Hall–Kier alpha value is -3.71. The minimum Gasteiger partial charge on any atom is -0.489 e. The Labute approximate surface area is 241 Å². The predicted molar refractivity (Wildman–Crippen MR) is 160 cm³/mol. The molecule has 0 spiro atoms. The van der Waals surface area contributed by atoms with E-state index in [-0.39, 0.29) is 24.3 Å². The molecule has 216 valence electrons. The van der Waals surface area contributed by atoms with Crippen molar-refractivity contribution in [1.29, 1.82) is 0 Å². The van der Waals surface area contributed by atoms with Crippen molar-refractivity contribution in [2.75, 3.05) is 38.2 Å². The molecule has 0 bridgehead atoms. The fourth-order valence-corrected chi connectivity index (χ4v) is 5.97. The summed E-state index contributed by atoms with van der Waals surface area (Å²) in [4.78, 5) is 17.8. The second kappa shape index (κ2) is 13.3. The summed E-state index contributed by atoms with van der Waals surface area (Å²) in [6.45, 7) is 6.16. The van der Waals surface area contributed by atoms with Gasteiger partial charge in [-0.25, -0.2) is 0 Å². The topological polar surface area (TPSA) is 50.8 Å². The third kappa shape index (κ3) is 6.96. The van der Waals surface area contributed by atoms with E-state index in [1.54, 1.807) is 19.1 Å².